The van der Waals surface area contributed by atoms with Gasteiger partial charge in [0.05, 0.1) is 19.8 Å². The van der Waals surface area contributed by atoms with Gasteiger partial charge in [-0.3, -0.25) is 0 Å². The molecule has 0 aromatic heterocycles. The molecule has 1 aromatic rings. The molecular formula is C20H35N5O3. The molecule has 0 spiro atoms. The van der Waals surface area contributed by atoms with E-state index >= 15 is 0 Å². The van der Waals surface area contributed by atoms with Crippen molar-refractivity contribution in [1.82, 2.24) is 16.0 Å². The molecule has 0 aliphatic carbocycles. The smallest absolute Gasteiger partial charge is 0.319 e. The van der Waals surface area contributed by atoms with Gasteiger partial charge in [0.2, 0.25) is 0 Å². The molecule has 1 rings (SSSR count). The van der Waals surface area contributed by atoms with Crippen LogP contribution in [-0.4, -0.2) is 58.1 Å². The first-order chi connectivity index (χ1) is 13.5. The van der Waals surface area contributed by atoms with Gasteiger partial charge in [0.15, 0.2) is 5.96 Å². The van der Waals surface area contributed by atoms with E-state index < -0.39 is 0 Å². The van der Waals surface area contributed by atoms with E-state index in [9.17, 15) is 4.79 Å². The van der Waals surface area contributed by atoms with Gasteiger partial charge in [0, 0.05) is 38.5 Å². The summed E-state index contributed by atoms with van der Waals surface area (Å²) < 4.78 is 10.4. The standard InChI is InChI=1S/C20H35N5O3/c1-5-21-19(22-11-6-12-28-14-13-27-4)23-15-17-7-9-18(10-8-17)25-20(26)24-16(2)3/h7-10,16H,5-6,11-15H2,1-4H3,(H2,21,22,23)(H2,24,25,26). The second-order valence-corrected chi connectivity index (χ2v) is 6.53. The zero-order valence-corrected chi connectivity index (χ0v) is 17.5. The van der Waals surface area contributed by atoms with E-state index in [0.29, 0.717) is 26.4 Å². The van der Waals surface area contributed by atoms with Crippen molar-refractivity contribution in [2.75, 3.05) is 45.3 Å². The highest BCUT2D eigenvalue weighted by Gasteiger charge is 2.03. The molecule has 158 valence electrons. The highest BCUT2D eigenvalue weighted by Crippen LogP contribution is 2.10. The predicted octanol–water partition coefficient (Wildman–Crippen LogP) is 2.32. The van der Waals surface area contributed by atoms with E-state index in [4.69, 9.17) is 9.47 Å². The second-order valence-electron chi connectivity index (χ2n) is 6.53. The van der Waals surface area contributed by atoms with Gasteiger partial charge in [0.25, 0.3) is 0 Å². The molecule has 8 nitrogen and oxygen atoms in total. The molecule has 0 heterocycles. The van der Waals surface area contributed by atoms with Crippen molar-refractivity contribution < 1.29 is 14.3 Å². The maximum Gasteiger partial charge on any atom is 0.319 e. The third-order valence-corrected chi connectivity index (χ3v) is 3.59. The molecule has 0 bridgehead atoms. The quantitative estimate of drug-likeness (QED) is 0.248. The number of nitrogens with one attached hydrogen (secondary N) is 4. The van der Waals surface area contributed by atoms with Crippen molar-refractivity contribution in [2.45, 2.75) is 39.8 Å². The molecule has 0 aliphatic rings. The SMILES string of the molecule is CCNC(=NCc1ccc(NC(=O)NC(C)C)cc1)NCCCOCCOC. The van der Waals surface area contributed by atoms with Crippen LogP contribution in [0.2, 0.25) is 0 Å². The lowest BCUT2D eigenvalue weighted by Gasteiger charge is -2.12. The zero-order valence-electron chi connectivity index (χ0n) is 17.5. The van der Waals surface area contributed by atoms with Crippen LogP contribution in [0, 0.1) is 0 Å². The molecular weight excluding hydrogens is 358 g/mol. The van der Waals surface area contributed by atoms with Crippen LogP contribution < -0.4 is 21.3 Å². The lowest BCUT2D eigenvalue weighted by molar-refractivity contribution is 0.0698. The van der Waals surface area contributed by atoms with E-state index in [0.717, 1.165) is 36.7 Å². The second kappa shape index (κ2) is 14.7. The fourth-order valence-corrected chi connectivity index (χ4v) is 2.26. The normalized spacial score (nSPS) is 11.4. The molecule has 0 aliphatic heterocycles. The number of anilines is 1. The molecule has 0 saturated heterocycles. The van der Waals surface area contributed by atoms with Crippen LogP contribution in [0.4, 0.5) is 10.5 Å². The summed E-state index contributed by atoms with van der Waals surface area (Å²) in [6.45, 7) is 9.94. The molecule has 4 N–H and O–H groups in total. The molecule has 0 fully saturated rings. The van der Waals surface area contributed by atoms with Crippen LogP contribution in [0.15, 0.2) is 29.3 Å². The van der Waals surface area contributed by atoms with Gasteiger partial charge in [-0.2, -0.15) is 0 Å². The Bertz CT molecular complexity index is 576. The Kier molecular flexibility index (Phi) is 12.5. The van der Waals surface area contributed by atoms with E-state index in [2.05, 4.69) is 26.3 Å². The molecule has 0 radical (unpaired) electrons. The first-order valence-electron chi connectivity index (χ1n) is 9.80. The summed E-state index contributed by atoms with van der Waals surface area (Å²) in [4.78, 5) is 16.3. The Hall–Kier alpha value is -2.32. The number of hydrogen-bond donors (Lipinski definition) is 4. The maximum absolute atomic E-state index is 11.7. The topological polar surface area (TPSA) is 96.0 Å². The fourth-order valence-electron chi connectivity index (χ4n) is 2.26. The largest absolute Gasteiger partial charge is 0.382 e. The van der Waals surface area contributed by atoms with Crippen molar-refractivity contribution in [3.63, 3.8) is 0 Å². The van der Waals surface area contributed by atoms with Gasteiger partial charge in [-0.15, -0.1) is 0 Å². The molecule has 0 saturated carbocycles. The Morgan fingerprint density at radius 3 is 2.50 bits per heavy atom. The third-order valence-electron chi connectivity index (χ3n) is 3.59. The molecule has 1 aromatic carbocycles. The number of ether oxygens (including phenoxy) is 2. The summed E-state index contributed by atoms with van der Waals surface area (Å²) >= 11 is 0. The minimum absolute atomic E-state index is 0.0996. The Morgan fingerprint density at radius 2 is 1.86 bits per heavy atom. The number of amides is 2. The average Bonchev–Trinajstić information content (AvgIpc) is 2.65. The van der Waals surface area contributed by atoms with Crippen LogP contribution >= 0.6 is 0 Å². The van der Waals surface area contributed by atoms with Crippen molar-refractivity contribution in [2.24, 2.45) is 4.99 Å². The van der Waals surface area contributed by atoms with E-state index in [1.165, 1.54) is 0 Å². The summed E-state index contributed by atoms with van der Waals surface area (Å²) in [5.41, 5.74) is 1.82. The van der Waals surface area contributed by atoms with Crippen molar-refractivity contribution in [3.8, 4) is 0 Å². The van der Waals surface area contributed by atoms with E-state index in [1.807, 2.05) is 45.0 Å². The average molecular weight is 394 g/mol. The number of hydrogen-bond acceptors (Lipinski definition) is 4. The van der Waals surface area contributed by atoms with Crippen LogP contribution in [0.3, 0.4) is 0 Å². The van der Waals surface area contributed by atoms with Gasteiger partial charge in [0.1, 0.15) is 0 Å². The van der Waals surface area contributed by atoms with E-state index in [-0.39, 0.29) is 12.1 Å². The van der Waals surface area contributed by atoms with Crippen LogP contribution in [0.5, 0.6) is 0 Å². The zero-order chi connectivity index (χ0) is 20.6. The highest BCUT2D eigenvalue weighted by atomic mass is 16.5. The van der Waals surface area contributed by atoms with Crippen molar-refractivity contribution in [1.29, 1.82) is 0 Å². The molecule has 0 unspecified atom stereocenters. The van der Waals surface area contributed by atoms with Crippen LogP contribution in [0.1, 0.15) is 32.8 Å². The predicted molar refractivity (Wildman–Crippen MR) is 114 cm³/mol. The molecule has 8 heteroatoms. The summed E-state index contributed by atoms with van der Waals surface area (Å²) in [5, 5.41) is 12.1. The highest BCUT2D eigenvalue weighted by molar-refractivity contribution is 5.89. The summed E-state index contributed by atoms with van der Waals surface area (Å²) in [6.07, 6.45) is 0.896. The van der Waals surface area contributed by atoms with Gasteiger partial charge in [-0.1, -0.05) is 12.1 Å². The number of nitrogens with zero attached hydrogens (tertiary/aromatic N) is 1. The van der Waals surface area contributed by atoms with Crippen molar-refractivity contribution in [3.05, 3.63) is 29.8 Å². The molecule has 28 heavy (non-hydrogen) atoms. The summed E-state index contributed by atoms with van der Waals surface area (Å²) in [5.74, 6) is 0.776. The van der Waals surface area contributed by atoms with Crippen LogP contribution in [0.25, 0.3) is 0 Å². The first kappa shape index (κ1) is 23.7. The molecule has 2 amide bonds. The fraction of sp³-hybridized carbons (Fsp3) is 0.600. The third kappa shape index (κ3) is 11.4. The number of guanidine groups is 1. The minimum atomic E-state index is -0.203. The Labute approximate surface area is 168 Å². The van der Waals surface area contributed by atoms with Gasteiger partial charge in [-0.25, -0.2) is 9.79 Å². The number of carbonyl (C=O) groups excluding carboxylic acids is 1. The summed E-state index contributed by atoms with van der Waals surface area (Å²) in [7, 11) is 1.66. The van der Waals surface area contributed by atoms with Gasteiger partial charge < -0.3 is 30.7 Å². The maximum atomic E-state index is 11.7. The lowest BCUT2D eigenvalue weighted by Crippen LogP contribution is -2.38. The molecule has 0 atom stereocenters. The first-order valence-corrected chi connectivity index (χ1v) is 9.80. The Balaban J connectivity index is 2.41. The number of carbonyl (C=O) groups is 1. The van der Waals surface area contributed by atoms with E-state index in [1.54, 1.807) is 7.11 Å². The lowest BCUT2D eigenvalue weighted by atomic mass is 10.2. The number of benzene rings is 1. The van der Waals surface area contributed by atoms with Gasteiger partial charge >= 0.3 is 6.03 Å². The number of rotatable bonds is 12. The van der Waals surface area contributed by atoms with Crippen molar-refractivity contribution >= 4 is 17.7 Å². The van der Waals surface area contributed by atoms with Gasteiger partial charge in [-0.05, 0) is 44.9 Å². The minimum Gasteiger partial charge on any atom is -0.382 e. The number of urea groups is 1. The summed E-state index contributed by atoms with van der Waals surface area (Å²) in [6, 6.07) is 7.57. The monoisotopic (exact) mass is 393 g/mol. The Morgan fingerprint density at radius 1 is 1.11 bits per heavy atom. The number of methoxy groups -OCH3 is 1. The van der Waals surface area contributed by atoms with Crippen LogP contribution in [-0.2, 0) is 16.0 Å². The number of aliphatic imine (C=N–C) groups is 1.